The minimum Gasteiger partial charge on any atom is -0.369 e. The maximum Gasteiger partial charge on any atom is 0.279 e. The smallest absolute Gasteiger partial charge is 0.279 e. The van der Waals surface area contributed by atoms with Crippen LogP contribution in [0.15, 0.2) is 42.5 Å². The fourth-order valence-corrected chi connectivity index (χ4v) is 3.75. The van der Waals surface area contributed by atoms with Crippen LogP contribution in [0.5, 0.6) is 0 Å². The number of benzene rings is 1. The molecule has 2 aromatic rings. The van der Waals surface area contributed by atoms with Crippen molar-refractivity contribution in [2.75, 3.05) is 37.6 Å². The van der Waals surface area contributed by atoms with Gasteiger partial charge in [0.1, 0.15) is 0 Å². The second-order valence-corrected chi connectivity index (χ2v) is 7.74. The first kappa shape index (κ1) is 18.7. The molecule has 8 heteroatoms. The quantitative estimate of drug-likeness (QED) is 0.767. The van der Waals surface area contributed by atoms with Gasteiger partial charge in [-0.15, -0.1) is 11.3 Å². The lowest BCUT2D eigenvalue weighted by Crippen LogP contribution is -2.48. The standard InChI is InChI=1S/C18H21ClN4O2S/c19-16-7-6-15(26-16)18(25)21-20-17(24)8-9-22-10-12-23(13-11-22)14-4-2-1-3-5-14/h1-7H,8-13H2,(H,20,24)(H,21,25). The molecular weight excluding hydrogens is 372 g/mol. The molecule has 1 aromatic carbocycles. The Morgan fingerprint density at radius 2 is 1.73 bits per heavy atom. The monoisotopic (exact) mass is 392 g/mol. The number of carbonyl (C=O) groups excluding carboxylic acids is 2. The lowest BCUT2D eigenvalue weighted by atomic mass is 10.2. The summed E-state index contributed by atoms with van der Waals surface area (Å²) >= 11 is 6.97. The van der Waals surface area contributed by atoms with Gasteiger partial charge >= 0.3 is 0 Å². The molecule has 1 aliphatic rings. The molecule has 3 rings (SSSR count). The van der Waals surface area contributed by atoms with Crippen LogP contribution < -0.4 is 15.8 Å². The fourth-order valence-electron chi connectivity index (χ4n) is 2.82. The number of rotatable bonds is 5. The Kier molecular flexibility index (Phi) is 6.49. The summed E-state index contributed by atoms with van der Waals surface area (Å²) in [5.41, 5.74) is 6.10. The summed E-state index contributed by atoms with van der Waals surface area (Å²) in [5, 5.41) is 0. The highest BCUT2D eigenvalue weighted by Gasteiger charge is 2.18. The third-order valence-corrected chi connectivity index (χ3v) is 5.49. The number of halogens is 1. The zero-order valence-corrected chi connectivity index (χ0v) is 15.9. The molecule has 0 unspecified atom stereocenters. The second-order valence-electron chi connectivity index (χ2n) is 6.02. The molecule has 1 fully saturated rings. The largest absolute Gasteiger partial charge is 0.369 e. The third kappa shape index (κ3) is 5.20. The maximum absolute atomic E-state index is 11.9. The average molecular weight is 393 g/mol. The van der Waals surface area contributed by atoms with Crippen molar-refractivity contribution in [3.8, 4) is 0 Å². The van der Waals surface area contributed by atoms with Gasteiger partial charge in [-0.2, -0.15) is 0 Å². The van der Waals surface area contributed by atoms with Crippen molar-refractivity contribution in [3.05, 3.63) is 51.7 Å². The first-order chi connectivity index (χ1) is 12.6. The Morgan fingerprint density at radius 1 is 1.00 bits per heavy atom. The summed E-state index contributed by atoms with van der Waals surface area (Å²) in [4.78, 5) is 28.9. The Balaban J connectivity index is 1.34. The van der Waals surface area contributed by atoms with Crippen molar-refractivity contribution in [1.82, 2.24) is 15.8 Å². The normalized spacial score (nSPS) is 14.9. The predicted molar refractivity (Wildman–Crippen MR) is 105 cm³/mol. The van der Waals surface area contributed by atoms with Gasteiger partial charge in [-0.25, -0.2) is 0 Å². The molecular formula is C18H21ClN4O2S. The van der Waals surface area contributed by atoms with Crippen LogP contribution >= 0.6 is 22.9 Å². The van der Waals surface area contributed by atoms with Crippen molar-refractivity contribution >= 4 is 40.4 Å². The molecule has 2 amide bonds. The second kappa shape index (κ2) is 9.02. The molecule has 1 aromatic heterocycles. The minimum atomic E-state index is -0.355. The van der Waals surface area contributed by atoms with Crippen molar-refractivity contribution in [2.45, 2.75) is 6.42 Å². The molecule has 0 spiro atoms. The summed E-state index contributed by atoms with van der Waals surface area (Å²) in [6, 6.07) is 13.6. The maximum atomic E-state index is 11.9. The van der Waals surface area contributed by atoms with Gasteiger partial charge in [-0.3, -0.25) is 25.3 Å². The molecule has 2 heterocycles. The first-order valence-corrected chi connectivity index (χ1v) is 9.68. The highest BCUT2D eigenvalue weighted by molar-refractivity contribution is 7.17. The van der Waals surface area contributed by atoms with Crippen molar-refractivity contribution in [2.24, 2.45) is 0 Å². The number of nitrogens with one attached hydrogen (secondary N) is 2. The van der Waals surface area contributed by atoms with E-state index in [0.717, 1.165) is 26.2 Å². The number of hydrazine groups is 1. The van der Waals surface area contributed by atoms with E-state index in [2.05, 4.69) is 32.8 Å². The Labute approximate surface area is 161 Å². The van der Waals surface area contributed by atoms with Crippen LogP contribution in [-0.4, -0.2) is 49.4 Å². The van der Waals surface area contributed by atoms with Crippen molar-refractivity contribution in [3.63, 3.8) is 0 Å². The van der Waals surface area contributed by atoms with Gasteiger partial charge in [0.2, 0.25) is 5.91 Å². The van der Waals surface area contributed by atoms with E-state index >= 15 is 0 Å². The Bertz CT molecular complexity index is 745. The Hall–Kier alpha value is -2.09. The zero-order valence-electron chi connectivity index (χ0n) is 14.3. The highest BCUT2D eigenvalue weighted by atomic mass is 35.5. The molecule has 0 radical (unpaired) electrons. The lowest BCUT2D eigenvalue weighted by molar-refractivity contribution is -0.122. The van der Waals surface area contributed by atoms with Gasteiger partial charge in [0.25, 0.3) is 5.91 Å². The van der Waals surface area contributed by atoms with E-state index in [0.29, 0.717) is 22.2 Å². The molecule has 2 N–H and O–H groups in total. The van der Waals surface area contributed by atoms with Gasteiger partial charge in [-0.05, 0) is 24.3 Å². The predicted octanol–water partition coefficient (Wildman–Crippen LogP) is 2.37. The van der Waals surface area contributed by atoms with Crippen LogP contribution in [-0.2, 0) is 4.79 Å². The molecule has 1 saturated heterocycles. The van der Waals surface area contributed by atoms with E-state index in [1.54, 1.807) is 12.1 Å². The van der Waals surface area contributed by atoms with Gasteiger partial charge in [0.15, 0.2) is 0 Å². The number of hydrogen-bond acceptors (Lipinski definition) is 5. The molecule has 0 aliphatic carbocycles. The minimum absolute atomic E-state index is 0.202. The summed E-state index contributed by atoms with van der Waals surface area (Å²) in [6.45, 7) is 4.41. The lowest BCUT2D eigenvalue weighted by Gasteiger charge is -2.36. The van der Waals surface area contributed by atoms with E-state index in [9.17, 15) is 9.59 Å². The molecule has 26 heavy (non-hydrogen) atoms. The number of para-hydroxylation sites is 1. The van der Waals surface area contributed by atoms with Crippen LogP contribution in [0, 0.1) is 0 Å². The van der Waals surface area contributed by atoms with Crippen molar-refractivity contribution in [1.29, 1.82) is 0 Å². The molecule has 0 saturated carbocycles. The summed E-state index contributed by atoms with van der Waals surface area (Å²) in [7, 11) is 0. The van der Waals surface area contributed by atoms with Gasteiger partial charge in [0, 0.05) is 44.8 Å². The van der Waals surface area contributed by atoms with E-state index in [4.69, 9.17) is 11.6 Å². The molecule has 6 nitrogen and oxygen atoms in total. The first-order valence-electron chi connectivity index (χ1n) is 8.49. The van der Waals surface area contributed by atoms with E-state index in [1.807, 2.05) is 18.2 Å². The van der Waals surface area contributed by atoms with Crippen LogP contribution in [0.1, 0.15) is 16.1 Å². The van der Waals surface area contributed by atoms with Gasteiger partial charge in [0.05, 0.1) is 9.21 Å². The molecule has 0 bridgehead atoms. The number of hydrogen-bond donors (Lipinski definition) is 2. The molecule has 0 atom stereocenters. The number of amides is 2. The van der Waals surface area contributed by atoms with Crippen molar-refractivity contribution < 1.29 is 9.59 Å². The summed E-state index contributed by atoms with van der Waals surface area (Å²) in [5.74, 6) is -0.557. The van der Waals surface area contributed by atoms with Crippen LogP contribution in [0.2, 0.25) is 4.34 Å². The third-order valence-electron chi connectivity index (χ3n) is 4.26. The van der Waals surface area contributed by atoms with Gasteiger partial charge < -0.3 is 4.90 Å². The van der Waals surface area contributed by atoms with E-state index in [1.165, 1.54) is 17.0 Å². The number of nitrogens with zero attached hydrogens (tertiary/aromatic N) is 2. The topological polar surface area (TPSA) is 64.7 Å². The summed E-state index contributed by atoms with van der Waals surface area (Å²) < 4.78 is 0.538. The van der Waals surface area contributed by atoms with Crippen LogP contribution in [0.25, 0.3) is 0 Å². The van der Waals surface area contributed by atoms with E-state index in [-0.39, 0.29) is 11.8 Å². The fraction of sp³-hybridized carbons (Fsp3) is 0.333. The number of anilines is 1. The number of piperazine rings is 1. The Morgan fingerprint density at radius 3 is 2.38 bits per heavy atom. The van der Waals surface area contributed by atoms with E-state index < -0.39 is 0 Å². The van der Waals surface area contributed by atoms with Crippen LogP contribution in [0.3, 0.4) is 0 Å². The highest BCUT2D eigenvalue weighted by Crippen LogP contribution is 2.20. The zero-order chi connectivity index (χ0) is 18.4. The SMILES string of the molecule is O=C(CCN1CCN(c2ccccc2)CC1)NNC(=O)c1ccc(Cl)s1. The molecule has 138 valence electrons. The van der Waals surface area contributed by atoms with Crippen LogP contribution in [0.4, 0.5) is 5.69 Å². The molecule has 1 aliphatic heterocycles. The average Bonchev–Trinajstić information content (AvgIpc) is 3.12. The van der Waals surface area contributed by atoms with Gasteiger partial charge in [-0.1, -0.05) is 29.8 Å². The number of carbonyl (C=O) groups is 2. The summed E-state index contributed by atoms with van der Waals surface area (Å²) in [6.07, 6.45) is 0.344. The number of thiophene rings is 1.